The lowest BCUT2D eigenvalue weighted by atomic mass is 10.1. The van der Waals surface area contributed by atoms with E-state index < -0.39 is 0 Å². The Labute approximate surface area is 82.1 Å². The van der Waals surface area contributed by atoms with Crippen LogP contribution < -0.4 is 15.8 Å². The molecule has 1 aromatic carbocycles. The minimum atomic E-state index is -0.121. The van der Waals surface area contributed by atoms with E-state index in [2.05, 4.69) is 5.32 Å². The molecule has 0 aromatic heterocycles. The van der Waals surface area contributed by atoms with Crippen LogP contribution in [0.4, 0.5) is 5.69 Å². The van der Waals surface area contributed by atoms with Crippen molar-refractivity contribution < 1.29 is 9.53 Å². The molecule has 1 heterocycles. The predicted molar refractivity (Wildman–Crippen MR) is 53.2 cm³/mol. The van der Waals surface area contributed by atoms with Gasteiger partial charge in [0.25, 0.3) is 5.91 Å². The number of anilines is 1. The summed E-state index contributed by atoms with van der Waals surface area (Å²) in [5.74, 6) is 0.601. The van der Waals surface area contributed by atoms with Crippen molar-refractivity contribution in [3.63, 3.8) is 0 Å². The number of aryl methyl sites for hydroxylation is 1. The minimum Gasteiger partial charge on any atom is -0.482 e. The molecule has 1 aliphatic rings. The molecule has 3 N–H and O–H groups in total. The molecule has 1 amide bonds. The maximum Gasteiger partial charge on any atom is 0.262 e. The Balaban J connectivity index is 2.46. The van der Waals surface area contributed by atoms with Crippen LogP contribution in [-0.4, -0.2) is 12.5 Å². The van der Waals surface area contributed by atoms with E-state index in [9.17, 15) is 4.79 Å². The topological polar surface area (TPSA) is 64.3 Å². The number of carbonyl (C=O) groups excluding carboxylic acids is 1. The van der Waals surface area contributed by atoms with E-state index in [1.165, 1.54) is 0 Å². The molecular weight excluding hydrogens is 180 g/mol. The van der Waals surface area contributed by atoms with Crippen molar-refractivity contribution in [2.24, 2.45) is 5.73 Å². The molecule has 0 aliphatic carbocycles. The van der Waals surface area contributed by atoms with Gasteiger partial charge in [0.2, 0.25) is 0 Å². The summed E-state index contributed by atoms with van der Waals surface area (Å²) in [5.41, 5.74) is 8.39. The minimum absolute atomic E-state index is 0.0917. The van der Waals surface area contributed by atoms with Gasteiger partial charge in [-0.05, 0) is 30.2 Å². The molecular formula is C10H12N2O2. The summed E-state index contributed by atoms with van der Waals surface area (Å²) in [6.45, 7) is 2.53. The average Bonchev–Trinajstić information content (AvgIpc) is 2.17. The summed E-state index contributed by atoms with van der Waals surface area (Å²) >= 11 is 0. The van der Waals surface area contributed by atoms with Crippen LogP contribution in [0.5, 0.6) is 5.75 Å². The lowest BCUT2D eigenvalue weighted by molar-refractivity contribution is -0.118. The maximum absolute atomic E-state index is 11.0. The largest absolute Gasteiger partial charge is 0.482 e. The predicted octanol–water partition coefficient (Wildman–Crippen LogP) is 0.785. The number of rotatable bonds is 1. The van der Waals surface area contributed by atoms with Gasteiger partial charge in [0.15, 0.2) is 6.61 Å². The quantitative estimate of drug-likeness (QED) is 0.691. The van der Waals surface area contributed by atoms with Crippen LogP contribution >= 0.6 is 0 Å². The third-order valence-corrected chi connectivity index (χ3v) is 2.29. The standard InChI is InChI=1S/C10H12N2O2/c1-6-2-9-8(3-7(6)4-11)12-10(13)5-14-9/h2-3H,4-5,11H2,1H3,(H,12,13). The third kappa shape index (κ3) is 1.44. The number of amides is 1. The molecule has 0 spiro atoms. The molecule has 0 saturated carbocycles. The van der Waals surface area contributed by atoms with Gasteiger partial charge in [0.05, 0.1) is 5.69 Å². The van der Waals surface area contributed by atoms with Gasteiger partial charge in [-0.25, -0.2) is 0 Å². The number of nitrogens with two attached hydrogens (primary N) is 1. The van der Waals surface area contributed by atoms with E-state index in [0.717, 1.165) is 16.9 Å². The van der Waals surface area contributed by atoms with E-state index in [4.69, 9.17) is 10.5 Å². The first-order chi connectivity index (χ1) is 6.70. The van der Waals surface area contributed by atoms with E-state index >= 15 is 0 Å². The van der Waals surface area contributed by atoms with Crippen molar-refractivity contribution in [3.05, 3.63) is 23.3 Å². The van der Waals surface area contributed by atoms with Crippen LogP contribution in [0.3, 0.4) is 0 Å². The van der Waals surface area contributed by atoms with Gasteiger partial charge in [-0.15, -0.1) is 0 Å². The molecule has 74 valence electrons. The van der Waals surface area contributed by atoms with E-state index in [1.54, 1.807) is 0 Å². The first-order valence-electron chi connectivity index (χ1n) is 4.47. The normalized spacial score (nSPS) is 14.3. The number of benzene rings is 1. The summed E-state index contributed by atoms with van der Waals surface area (Å²) in [6.07, 6.45) is 0. The summed E-state index contributed by atoms with van der Waals surface area (Å²) < 4.78 is 5.26. The summed E-state index contributed by atoms with van der Waals surface area (Å²) in [5, 5.41) is 2.74. The highest BCUT2D eigenvalue weighted by Gasteiger charge is 2.16. The van der Waals surface area contributed by atoms with E-state index in [-0.39, 0.29) is 12.5 Å². The number of carbonyl (C=O) groups is 1. The van der Waals surface area contributed by atoms with Gasteiger partial charge in [-0.1, -0.05) is 0 Å². The molecule has 14 heavy (non-hydrogen) atoms. The highest BCUT2D eigenvalue weighted by molar-refractivity contribution is 5.95. The number of ether oxygens (including phenoxy) is 1. The van der Waals surface area contributed by atoms with E-state index in [1.807, 2.05) is 19.1 Å². The second-order valence-corrected chi connectivity index (χ2v) is 3.32. The Morgan fingerprint density at radius 3 is 3.07 bits per heavy atom. The fourth-order valence-electron chi connectivity index (χ4n) is 1.49. The van der Waals surface area contributed by atoms with Crippen LogP contribution in [-0.2, 0) is 11.3 Å². The number of hydrogen-bond donors (Lipinski definition) is 2. The first kappa shape index (κ1) is 9.02. The Hall–Kier alpha value is -1.55. The second-order valence-electron chi connectivity index (χ2n) is 3.32. The number of nitrogens with one attached hydrogen (secondary N) is 1. The Morgan fingerprint density at radius 1 is 1.57 bits per heavy atom. The van der Waals surface area contributed by atoms with Gasteiger partial charge < -0.3 is 15.8 Å². The molecule has 1 aromatic rings. The maximum atomic E-state index is 11.0. The number of fused-ring (bicyclic) bond motifs is 1. The lowest BCUT2D eigenvalue weighted by Gasteiger charge is -2.19. The Bertz CT molecular complexity index is 388. The molecule has 0 fully saturated rings. The van der Waals surface area contributed by atoms with Gasteiger partial charge in [-0.3, -0.25) is 4.79 Å². The monoisotopic (exact) mass is 192 g/mol. The molecule has 1 aliphatic heterocycles. The molecule has 0 radical (unpaired) electrons. The Kier molecular flexibility index (Phi) is 2.13. The highest BCUT2D eigenvalue weighted by Crippen LogP contribution is 2.30. The summed E-state index contributed by atoms with van der Waals surface area (Å²) in [4.78, 5) is 11.0. The smallest absolute Gasteiger partial charge is 0.262 e. The highest BCUT2D eigenvalue weighted by atomic mass is 16.5. The van der Waals surface area contributed by atoms with Crippen molar-refractivity contribution in [3.8, 4) is 5.75 Å². The van der Waals surface area contributed by atoms with Gasteiger partial charge in [-0.2, -0.15) is 0 Å². The molecule has 2 rings (SSSR count). The average molecular weight is 192 g/mol. The van der Waals surface area contributed by atoms with E-state index in [0.29, 0.717) is 12.2 Å². The zero-order chi connectivity index (χ0) is 10.1. The fraction of sp³-hybridized carbons (Fsp3) is 0.300. The van der Waals surface area contributed by atoms with Crippen LogP contribution in [0.2, 0.25) is 0 Å². The molecule has 0 unspecified atom stereocenters. The van der Waals surface area contributed by atoms with Crippen molar-refractivity contribution in [2.45, 2.75) is 13.5 Å². The fourth-order valence-corrected chi connectivity index (χ4v) is 1.49. The van der Waals surface area contributed by atoms with Crippen LogP contribution in [0, 0.1) is 6.92 Å². The van der Waals surface area contributed by atoms with Crippen LogP contribution in [0.1, 0.15) is 11.1 Å². The second kappa shape index (κ2) is 3.31. The van der Waals surface area contributed by atoms with Crippen molar-refractivity contribution in [2.75, 3.05) is 11.9 Å². The Morgan fingerprint density at radius 2 is 2.36 bits per heavy atom. The molecule has 4 heteroatoms. The zero-order valence-corrected chi connectivity index (χ0v) is 7.96. The van der Waals surface area contributed by atoms with Crippen LogP contribution in [0.15, 0.2) is 12.1 Å². The first-order valence-corrected chi connectivity index (χ1v) is 4.47. The zero-order valence-electron chi connectivity index (χ0n) is 7.96. The lowest BCUT2D eigenvalue weighted by Crippen LogP contribution is -2.25. The van der Waals surface area contributed by atoms with Crippen molar-refractivity contribution in [1.82, 2.24) is 0 Å². The molecule has 0 atom stereocenters. The summed E-state index contributed by atoms with van der Waals surface area (Å²) in [6, 6.07) is 3.76. The number of hydrogen-bond acceptors (Lipinski definition) is 3. The van der Waals surface area contributed by atoms with Crippen LogP contribution in [0.25, 0.3) is 0 Å². The molecule has 0 saturated heterocycles. The van der Waals surface area contributed by atoms with Gasteiger partial charge in [0, 0.05) is 6.54 Å². The molecule has 0 bridgehead atoms. The molecule has 4 nitrogen and oxygen atoms in total. The van der Waals surface area contributed by atoms with Crippen molar-refractivity contribution in [1.29, 1.82) is 0 Å². The SMILES string of the molecule is Cc1cc2c(cc1CN)NC(=O)CO2. The van der Waals surface area contributed by atoms with Gasteiger partial charge in [0.1, 0.15) is 5.75 Å². The summed E-state index contributed by atoms with van der Waals surface area (Å²) in [7, 11) is 0. The van der Waals surface area contributed by atoms with Gasteiger partial charge >= 0.3 is 0 Å². The third-order valence-electron chi connectivity index (χ3n) is 2.29. The van der Waals surface area contributed by atoms with Crippen molar-refractivity contribution >= 4 is 11.6 Å².